The molecule has 10 heteroatoms. The molecule has 2 N–H and O–H groups in total. The highest BCUT2D eigenvalue weighted by atomic mass is 32.2. The summed E-state index contributed by atoms with van der Waals surface area (Å²) in [7, 11) is 0. The third-order valence-corrected chi connectivity index (χ3v) is 7.55. The minimum absolute atomic E-state index is 0.0653. The summed E-state index contributed by atoms with van der Waals surface area (Å²) in [5.41, 5.74) is 2.43. The quantitative estimate of drug-likeness (QED) is 0.584. The van der Waals surface area contributed by atoms with Gasteiger partial charge in [-0.25, -0.2) is 9.18 Å². The molecule has 0 aliphatic carbocycles. The van der Waals surface area contributed by atoms with Crippen molar-refractivity contribution in [2.45, 2.75) is 23.5 Å². The van der Waals surface area contributed by atoms with Crippen molar-refractivity contribution in [3.63, 3.8) is 0 Å². The van der Waals surface area contributed by atoms with Gasteiger partial charge in [-0.3, -0.25) is 14.5 Å². The van der Waals surface area contributed by atoms with Gasteiger partial charge in [-0.15, -0.1) is 11.8 Å². The molecule has 1 aromatic heterocycles. The number of halogens is 1. The minimum Gasteiger partial charge on any atom is -0.443 e. The van der Waals surface area contributed by atoms with Crippen LogP contribution >= 0.6 is 11.8 Å². The van der Waals surface area contributed by atoms with Gasteiger partial charge in [-0.05, 0) is 48.2 Å². The smallest absolute Gasteiger partial charge is 0.414 e. The van der Waals surface area contributed by atoms with Crippen LogP contribution in [-0.4, -0.2) is 48.1 Å². The summed E-state index contributed by atoms with van der Waals surface area (Å²) in [5.74, 6) is 0.0179. The van der Waals surface area contributed by atoms with E-state index in [1.807, 2.05) is 12.1 Å². The average molecular weight is 481 g/mol. The van der Waals surface area contributed by atoms with Crippen LogP contribution in [-0.2, 0) is 16.0 Å². The molecule has 2 amide bonds. The molecular formula is C24H21FN4O4S. The SMILES string of the molecule is O=C1CSc2ccc(N3C[C@@H](CNCC4Cc5c(F)ccc6ccc(=O)n4c56)OC3=O)cc2N1. The summed E-state index contributed by atoms with van der Waals surface area (Å²) >= 11 is 1.46. The Morgan fingerprint density at radius 3 is 2.85 bits per heavy atom. The van der Waals surface area contributed by atoms with Crippen molar-refractivity contribution in [1.29, 1.82) is 0 Å². The molecule has 4 heterocycles. The van der Waals surface area contributed by atoms with Crippen molar-refractivity contribution in [2.75, 3.05) is 35.6 Å². The van der Waals surface area contributed by atoms with E-state index in [9.17, 15) is 18.8 Å². The van der Waals surface area contributed by atoms with E-state index in [0.717, 1.165) is 10.3 Å². The van der Waals surface area contributed by atoms with Crippen LogP contribution in [0.5, 0.6) is 0 Å². The zero-order valence-corrected chi connectivity index (χ0v) is 18.9. The largest absolute Gasteiger partial charge is 0.443 e. The molecule has 174 valence electrons. The van der Waals surface area contributed by atoms with Crippen LogP contribution in [0.3, 0.4) is 0 Å². The fourth-order valence-corrected chi connectivity index (χ4v) is 5.72. The number of pyridine rings is 1. The number of hydrogen-bond donors (Lipinski definition) is 2. The second kappa shape index (κ2) is 8.14. The maximum Gasteiger partial charge on any atom is 0.414 e. The number of hydrogen-bond acceptors (Lipinski definition) is 6. The van der Waals surface area contributed by atoms with Gasteiger partial charge in [0.1, 0.15) is 11.9 Å². The van der Waals surface area contributed by atoms with Gasteiger partial charge >= 0.3 is 6.09 Å². The highest BCUT2D eigenvalue weighted by molar-refractivity contribution is 8.00. The number of fused-ring (bicyclic) bond motifs is 1. The van der Waals surface area contributed by atoms with Crippen LogP contribution in [0.4, 0.5) is 20.6 Å². The van der Waals surface area contributed by atoms with Crippen LogP contribution < -0.4 is 21.1 Å². The number of amides is 2. The van der Waals surface area contributed by atoms with E-state index in [-0.39, 0.29) is 29.4 Å². The van der Waals surface area contributed by atoms with Gasteiger partial charge in [-0.1, -0.05) is 0 Å². The maximum absolute atomic E-state index is 14.4. The van der Waals surface area contributed by atoms with E-state index >= 15 is 0 Å². The molecule has 0 saturated carbocycles. The summed E-state index contributed by atoms with van der Waals surface area (Å²) in [4.78, 5) is 39.2. The zero-order chi connectivity index (χ0) is 23.4. The van der Waals surface area contributed by atoms with Gasteiger partial charge in [-0.2, -0.15) is 0 Å². The van der Waals surface area contributed by atoms with Gasteiger partial charge < -0.3 is 19.9 Å². The Morgan fingerprint density at radius 2 is 1.97 bits per heavy atom. The first-order chi connectivity index (χ1) is 16.5. The Bertz CT molecular complexity index is 1410. The third kappa shape index (κ3) is 3.54. The normalized spacial score (nSPS) is 21.0. The van der Waals surface area contributed by atoms with Crippen LogP contribution in [0.2, 0.25) is 0 Å². The molecule has 0 spiro atoms. The first kappa shape index (κ1) is 21.2. The molecular weight excluding hydrogens is 459 g/mol. The summed E-state index contributed by atoms with van der Waals surface area (Å²) in [6.07, 6.45) is -0.386. The number of nitrogens with one attached hydrogen (secondary N) is 2. The lowest BCUT2D eigenvalue weighted by Gasteiger charge is -2.20. The van der Waals surface area contributed by atoms with Crippen molar-refractivity contribution in [2.24, 2.45) is 0 Å². The number of cyclic esters (lactones) is 1. The monoisotopic (exact) mass is 480 g/mol. The second-order valence-electron chi connectivity index (χ2n) is 8.66. The van der Waals surface area contributed by atoms with Gasteiger partial charge in [0.2, 0.25) is 5.91 Å². The molecule has 2 atom stereocenters. The summed E-state index contributed by atoms with van der Waals surface area (Å²) in [5, 5.41) is 6.98. The molecule has 6 rings (SSSR count). The number of thioether (sulfide) groups is 1. The maximum atomic E-state index is 14.4. The molecule has 1 fully saturated rings. The zero-order valence-electron chi connectivity index (χ0n) is 18.0. The lowest BCUT2D eigenvalue weighted by Crippen LogP contribution is -2.36. The van der Waals surface area contributed by atoms with E-state index < -0.39 is 6.09 Å². The van der Waals surface area contributed by atoms with Crippen LogP contribution in [0.25, 0.3) is 10.9 Å². The lowest BCUT2D eigenvalue weighted by molar-refractivity contribution is -0.113. The standard InChI is InChI=1S/C24H21FN4O4S/c25-18-4-1-13-2-6-22(31)29-15(7-17(18)23(13)29)9-26-10-16-11-28(24(32)33-16)14-3-5-20-19(8-14)27-21(30)12-34-20/h1-6,8,15-16,26H,7,9-12H2,(H,27,30)/t15?,16-/m1/s1. The number of aromatic nitrogens is 1. The van der Waals surface area contributed by atoms with E-state index in [1.54, 1.807) is 27.7 Å². The molecule has 0 radical (unpaired) electrons. The Morgan fingerprint density at radius 1 is 1.12 bits per heavy atom. The average Bonchev–Trinajstić information content (AvgIpc) is 3.39. The van der Waals surface area contributed by atoms with E-state index in [1.165, 1.54) is 23.9 Å². The van der Waals surface area contributed by atoms with Gasteiger partial charge in [0.05, 0.1) is 29.5 Å². The number of benzene rings is 2. The first-order valence-electron chi connectivity index (χ1n) is 11.1. The Labute approximate surface area is 198 Å². The van der Waals surface area contributed by atoms with Crippen molar-refractivity contribution < 1.29 is 18.7 Å². The van der Waals surface area contributed by atoms with E-state index in [0.29, 0.717) is 54.3 Å². The third-order valence-electron chi connectivity index (χ3n) is 6.48. The van der Waals surface area contributed by atoms with Crippen LogP contribution in [0.15, 0.2) is 52.2 Å². The van der Waals surface area contributed by atoms with Crippen molar-refractivity contribution in [3.05, 3.63) is 64.2 Å². The highest BCUT2D eigenvalue weighted by Crippen LogP contribution is 2.36. The fraction of sp³-hybridized carbons (Fsp3) is 0.292. The van der Waals surface area contributed by atoms with Crippen molar-refractivity contribution >= 4 is 46.0 Å². The Kier molecular flexibility index (Phi) is 5.07. The number of anilines is 2. The summed E-state index contributed by atoms with van der Waals surface area (Å²) in [6.45, 7) is 1.21. The fourth-order valence-electron chi connectivity index (χ4n) is 4.94. The molecule has 2 aromatic carbocycles. The second-order valence-corrected chi connectivity index (χ2v) is 9.67. The molecule has 3 aliphatic rings. The van der Waals surface area contributed by atoms with Crippen molar-refractivity contribution in [3.8, 4) is 0 Å². The molecule has 1 unspecified atom stereocenters. The number of ether oxygens (including phenoxy) is 1. The molecule has 0 bridgehead atoms. The first-order valence-corrected chi connectivity index (χ1v) is 12.0. The van der Waals surface area contributed by atoms with Crippen LogP contribution in [0.1, 0.15) is 11.6 Å². The van der Waals surface area contributed by atoms with Gasteiger partial charge in [0.15, 0.2) is 0 Å². The lowest BCUT2D eigenvalue weighted by atomic mass is 10.1. The van der Waals surface area contributed by atoms with Crippen LogP contribution in [0, 0.1) is 5.82 Å². The summed E-state index contributed by atoms with van der Waals surface area (Å²) < 4.78 is 21.6. The number of rotatable bonds is 5. The highest BCUT2D eigenvalue weighted by Gasteiger charge is 2.33. The predicted octanol–water partition coefficient (Wildman–Crippen LogP) is 2.90. The van der Waals surface area contributed by atoms with Gasteiger partial charge in [0.25, 0.3) is 5.56 Å². The minimum atomic E-state index is -0.446. The van der Waals surface area contributed by atoms with Crippen molar-refractivity contribution in [1.82, 2.24) is 9.88 Å². The Hall–Kier alpha value is -3.37. The van der Waals surface area contributed by atoms with E-state index in [2.05, 4.69) is 10.6 Å². The van der Waals surface area contributed by atoms with E-state index in [4.69, 9.17) is 4.74 Å². The summed E-state index contributed by atoms with van der Waals surface area (Å²) in [6, 6.07) is 11.7. The number of carbonyl (C=O) groups is 2. The van der Waals surface area contributed by atoms with Gasteiger partial charge in [0, 0.05) is 35.3 Å². The molecule has 1 saturated heterocycles. The Balaban J connectivity index is 1.12. The predicted molar refractivity (Wildman–Crippen MR) is 127 cm³/mol. The topological polar surface area (TPSA) is 92.7 Å². The molecule has 34 heavy (non-hydrogen) atoms. The molecule has 3 aromatic rings. The number of nitrogens with zero attached hydrogens (tertiary/aromatic N) is 2. The molecule has 3 aliphatic heterocycles. The number of carbonyl (C=O) groups excluding carboxylic acids is 2. The molecule has 8 nitrogen and oxygen atoms in total.